The van der Waals surface area contributed by atoms with Crippen molar-refractivity contribution in [1.82, 2.24) is 18.9 Å². The highest BCUT2D eigenvalue weighted by molar-refractivity contribution is 7.08. The Bertz CT molecular complexity index is 1220. The first-order chi connectivity index (χ1) is 14.9. The third-order valence-corrected chi connectivity index (χ3v) is 5.34. The third-order valence-electron chi connectivity index (χ3n) is 4.67. The number of fused-ring (bicyclic) bond motifs is 1. The van der Waals surface area contributed by atoms with Crippen molar-refractivity contribution >= 4 is 40.1 Å². The van der Waals surface area contributed by atoms with Gasteiger partial charge in [-0.2, -0.15) is 4.37 Å². The fourth-order valence-corrected chi connectivity index (χ4v) is 3.60. The van der Waals surface area contributed by atoms with Gasteiger partial charge in [-0.25, -0.2) is 14.8 Å². The molecule has 0 bridgehead atoms. The van der Waals surface area contributed by atoms with Gasteiger partial charge in [0.2, 0.25) is 10.6 Å². The van der Waals surface area contributed by atoms with Gasteiger partial charge in [-0.3, -0.25) is 9.36 Å². The van der Waals surface area contributed by atoms with E-state index in [1.165, 1.54) is 17.1 Å². The van der Waals surface area contributed by atoms with Crippen molar-refractivity contribution in [2.75, 3.05) is 31.2 Å². The van der Waals surface area contributed by atoms with Crippen LogP contribution in [0.15, 0.2) is 28.5 Å². The second kappa shape index (κ2) is 8.37. The first-order valence-electron chi connectivity index (χ1n) is 9.18. The number of anilines is 1. The van der Waals surface area contributed by atoms with Crippen LogP contribution in [-0.2, 0) is 4.84 Å². The zero-order valence-electron chi connectivity index (χ0n) is 16.3. The Morgan fingerprint density at radius 3 is 2.84 bits per heavy atom. The predicted octanol–water partition coefficient (Wildman–Crippen LogP) is -0.210. The molecule has 1 saturated heterocycles. The number of pyridine rings is 2. The number of carbonyl (C=O) groups is 1. The van der Waals surface area contributed by atoms with Crippen LogP contribution in [0.3, 0.4) is 0 Å². The van der Waals surface area contributed by atoms with Gasteiger partial charge in [-0.1, -0.05) is 5.16 Å². The number of carboxylic acids is 1. The molecule has 0 saturated carbocycles. The average Bonchev–Trinajstić information content (AvgIpc) is 3.23. The Morgan fingerprint density at radius 1 is 1.42 bits per heavy atom. The number of rotatable bonds is 7. The van der Waals surface area contributed by atoms with E-state index >= 15 is 0 Å². The van der Waals surface area contributed by atoms with E-state index in [4.69, 9.17) is 9.94 Å². The lowest BCUT2D eigenvalue weighted by molar-refractivity contribution is 0.00789. The molecule has 1 aliphatic heterocycles. The van der Waals surface area contributed by atoms with E-state index in [0.29, 0.717) is 29.6 Å². The summed E-state index contributed by atoms with van der Waals surface area (Å²) in [5, 5.41) is 32.0. The molecule has 3 aromatic rings. The summed E-state index contributed by atoms with van der Waals surface area (Å²) in [4.78, 5) is 40.0. The molecule has 0 spiro atoms. The summed E-state index contributed by atoms with van der Waals surface area (Å²) in [5.74, 6) is -0.747. The Morgan fingerprint density at radius 2 is 2.19 bits per heavy atom. The molecule has 0 radical (unpaired) electrons. The first-order valence-corrected chi connectivity index (χ1v) is 9.95. The van der Waals surface area contributed by atoms with E-state index < -0.39 is 24.1 Å². The largest absolute Gasteiger partial charge is 0.477 e. The Hall–Kier alpha value is -3.42. The van der Waals surface area contributed by atoms with E-state index in [9.17, 15) is 19.8 Å². The SMILES string of the molecule is Cc1cc(N2CC(=NOCC(O)CO)C2)nc2c1c(=O)c(C(=O)O)cn2-c1ncns1. The molecule has 4 heterocycles. The molecule has 1 unspecified atom stereocenters. The quantitative estimate of drug-likeness (QED) is 0.414. The summed E-state index contributed by atoms with van der Waals surface area (Å²) < 4.78 is 5.41. The molecule has 1 atom stereocenters. The number of oxime groups is 1. The van der Waals surface area contributed by atoms with Crippen molar-refractivity contribution in [2.45, 2.75) is 13.0 Å². The highest BCUT2D eigenvalue weighted by atomic mass is 32.1. The molecule has 0 aromatic carbocycles. The monoisotopic (exact) mass is 446 g/mol. The van der Waals surface area contributed by atoms with Gasteiger partial charge in [0.1, 0.15) is 30.4 Å². The lowest BCUT2D eigenvalue weighted by Crippen LogP contribution is -2.48. The van der Waals surface area contributed by atoms with Gasteiger partial charge < -0.3 is 25.1 Å². The van der Waals surface area contributed by atoms with Crippen molar-refractivity contribution in [3.8, 4) is 5.13 Å². The predicted molar refractivity (Wildman–Crippen MR) is 111 cm³/mol. The standard InChI is InChI=1S/C18H18N6O6S/c1-9-2-13(23-3-10(4-23)22-30-7-11(26)6-25)21-16-14(9)15(27)12(17(28)29)5-24(16)18-19-8-20-31-18/h2,5,8,11,25-26H,3-4,6-7H2,1H3,(H,28,29). The van der Waals surface area contributed by atoms with Crippen LogP contribution in [0.2, 0.25) is 0 Å². The fourth-order valence-electron chi connectivity index (χ4n) is 3.09. The third kappa shape index (κ3) is 3.97. The van der Waals surface area contributed by atoms with Crippen molar-refractivity contribution in [3.05, 3.63) is 39.9 Å². The zero-order valence-corrected chi connectivity index (χ0v) is 17.1. The van der Waals surface area contributed by atoms with E-state index in [1.807, 2.05) is 4.90 Å². The number of carboxylic acid groups (broad SMARTS) is 1. The van der Waals surface area contributed by atoms with E-state index in [-0.39, 0.29) is 23.2 Å². The molecule has 162 valence electrons. The first kappa shape index (κ1) is 20.8. The Labute approximate surface area is 178 Å². The Kier molecular flexibility index (Phi) is 5.63. The van der Waals surface area contributed by atoms with Crippen LogP contribution in [0.1, 0.15) is 15.9 Å². The molecular weight excluding hydrogens is 428 g/mol. The summed E-state index contributed by atoms with van der Waals surface area (Å²) >= 11 is 1.05. The topological polar surface area (TPSA) is 163 Å². The lowest BCUT2D eigenvalue weighted by Gasteiger charge is -2.33. The second-order valence-electron chi connectivity index (χ2n) is 6.91. The maximum Gasteiger partial charge on any atom is 0.341 e. The molecule has 1 fully saturated rings. The van der Waals surface area contributed by atoms with Gasteiger partial charge in [0, 0.05) is 17.7 Å². The van der Waals surface area contributed by atoms with Crippen LogP contribution >= 0.6 is 11.5 Å². The summed E-state index contributed by atoms with van der Waals surface area (Å²) in [6.07, 6.45) is 1.57. The van der Waals surface area contributed by atoms with Gasteiger partial charge in [0.15, 0.2) is 5.65 Å². The van der Waals surface area contributed by atoms with Gasteiger partial charge in [-0.05, 0) is 18.6 Å². The van der Waals surface area contributed by atoms with Crippen LogP contribution < -0.4 is 10.3 Å². The van der Waals surface area contributed by atoms with Crippen molar-refractivity contribution in [1.29, 1.82) is 0 Å². The summed E-state index contributed by atoms with van der Waals surface area (Å²) in [6.45, 7) is 2.08. The van der Waals surface area contributed by atoms with Crippen LogP contribution in [0, 0.1) is 6.92 Å². The van der Waals surface area contributed by atoms with Crippen LogP contribution in [-0.4, -0.2) is 78.3 Å². The minimum atomic E-state index is -1.33. The van der Waals surface area contributed by atoms with Crippen LogP contribution in [0.4, 0.5) is 5.82 Å². The number of aromatic carboxylic acids is 1. The number of hydrogen-bond acceptors (Lipinski definition) is 11. The lowest BCUT2D eigenvalue weighted by atomic mass is 10.1. The maximum atomic E-state index is 12.8. The van der Waals surface area contributed by atoms with Gasteiger partial charge >= 0.3 is 5.97 Å². The van der Waals surface area contributed by atoms with E-state index in [2.05, 4.69) is 19.5 Å². The van der Waals surface area contributed by atoms with E-state index in [1.54, 1.807) is 13.0 Å². The van der Waals surface area contributed by atoms with Crippen LogP contribution in [0.5, 0.6) is 0 Å². The molecular formula is C18H18N6O6S. The Balaban J connectivity index is 1.70. The molecule has 1 aliphatic rings. The minimum Gasteiger partial charge on any atom is -0.477 e. The van der Waals surface area contributed by atoms with Gasteiger partial charge in [0.25, 0.3) is 0 Å². The van der Waals surface area contributed by atoms with E-state index in [0.717, 1.165) is 17.2 Å². The number of aromatic nitrogens is 4. The van der Waals surface area contributed by atoms with Crippen molar-refractivity contribution in [2.24, 2.45) is 5.16 Å². The van der Waals surface area contributed by atoms with Crippen LogP contribution in [0.25, 0.3) is 16.2 Å². The number of aliphatic hydroxyl groups is 2. The summed E-state index contributed by atoms with van der Waals surface area (Å²) in [7, 11) is 0. The normalized spacial score (nSPS) is 14.4. The van der Waals surface area contributed by atoms with Gasteiger partial charge in [-0.15, -0.1) is 0 Å². The molecule has 4 rings (SSSR count). The molecule has 3 N–H and O–H groups in total. The summed E-state index contributed by atoms with van der Waals surface area (Å²) in [5.41, 5.74) is 0.614. The molecule has 12 nitrogen and oxygen atoms in total. The minimum absolute atomic E-state index is 0.104. The molecule has 31 heavy (non-hydrogen) atoms. The molecule has 0 aliphatic carbocycles. The fraction of sp³-hybridized carbons (Fsp3) is 0.333. The molecule has 13 heteroatoms. The highest BCUT2D eigenvalue weighted by Crippen LogP contribution is 2.25. The molecule has 0 amide bonds. The number of aliphatic hydroxyl groups excluding tert-OH is 2. The smallest absolute Gasteiger partial charge is 0.341 e. The maximum absolute atomic E-state index is 12.8. The summed E-state index contributed by atoms with van der Waals surface area (Å²) in [6, 6.07) is 1.72. The molecule has 3 aromatic heterocycles. The second-order valence-corrected chi connectivity index (χ2v) is 7.67. The van der Waals surface area contributed by atoms with Gasteiger partial charge in [0.05, 0.1) is 30.8 Å². The number of nitrogens with zero attached hydrogens (tertiary/aromatic N) is 6. The van der Waals surface area contributed by atoms with Crippen molar-refractivity contribution < 1.29 is 25.0 Å². The average molecular weight is 446 g/mol. The number of aryl methyl sites for hydroxylation is 1. The van der Waals surface area contributed by atoms with Crippen molar-refractivity contribution in [3.63, 3.8) is 0 Å². The highest BCUT2D eigenvalue weighted by Gasteiger charge is 2.26. The number of hydrogen-bond donors (Lipinski definition) is 3. The zero-order chi connectivity index (χ0) is 22.1.